The van der Waals surface area contributed by atoms with Crippen LogP contribution in [0.3, 0.4) is 0 Å². The number of esters is 1. The highest BCUT2D eigenvalue weighted by atomic mass is 127. The van der Waals surface area contributed by atoms with E-state index in [4.69, 9.17) is 9.15 Å². The third-order valence-corrected chi connectivity index (χ3v) is 2.14. The molecule has 0 radical (unpaired) electrons. The molecule has 21 heavy (non-hydrogen) atoms. The smallest absolute Gasteiger partial charge is 0.325 e. The number of furan rings is 1. The molecule has 0 fully saturated rings. The molecule has 0 aliphatic rings. The van der Waals surface area contributed by atoms with Crippen molar-refractivity contribution in [2.75, 3.05) is 13.1 Å². The summed E-state index contributed by atoms with van der Waals surface area (Å²) in [5.74, 6) is 0.996. The van der Waals surface area contributed by atoms with Gasteiger partial charge in [-0.3, -0.25) is 4.79 Å². The summed E-state index contributed by atoms with van der Waals surface area (Å²) < 4.78 is 10.4. The van der Waals surface area contributed by atoms with Crippen LogP contribution in [0.5, 0.6) is 0 Å². The molecule has 1 rings (SSSR count). The lowest BCUT2D eigenvalue weighted by Gasteiger charge is -2.20. The molecule has 0 aliphatic carbocycles. The first-order valence-electron chi connectivity index (χ1n) is 6.67. The lowest BCUT2D eigenvalue weighted by molar-refractivity contribution is -0.153. The minimum absolute atomic E-state index is 0. The summed E-state index contributed by atoms with van der Waals surface area (Å²) in [5.41, 5.74) is -0.484. The molecule has 120 valence electrons. The standard InChI is InChI=1S/C14H23N3O3.HI/c1-5-15-13(16-9-11-7-6-8-19-11)17-10-12(18)20-14(2,3)4;/h6-8H,5,9-10H2,1-4H3,(H2,15,16,17);1H. The number of hydrogen-bond donors (Lipinski definition) is 2. The van der Waals surface area contributed by atoms with E-state index >= 15 is 0 Å². The first kappa shape index (κ1) is 19.8. The summed E-state index contributed by atoms with van der Waals surface area (Å²) >= 11 is 0. The minimum atomic E-state index is -0.484. The van der Waals surface area contributed by atoms with Gasteiger partial charge in [0.15, 0.2) is 5.96 Å². The van der Waals surface area contributed by atoms with E-state index in [0.29, 0.717) is 19.0 Å². The largest absolute Gasteiger partial charge is 0.467 e. The van der Waals surface area contributed by atoms with Gasteiger partial charge >= 0.3 is 5.97 Å². The van der Waals surface area contributed by atoms with E-state index in [9.17, 15) is 4.79 Å². The molecule has 1 aromatic heterocycles. The van der Waals surface area contributed by atoms with Crippen LogP contribution in [0.15, 0.2) is 27.8 Å². The second kappa shape index (κ2) is 9.64. The zero-order chi connectivity index (χ0) is 15.0. The summed E-state index contributed by atoms with van der Waals surface area (Å²) in [7, 11) is 0. The maximum absolute atomic E-state index is 11.6. The van der Waals surface area contributed by atoms with Gasteiger partial charge in [-0.1, -0.05) is 0 Å². The van der Waals surface area contributed by atoms with Gasteiger partial charge in [0.05, 0.1) is 6.26 Å². The molecular formula is C14H24IN3O3. The summed E-state index contributed by atoms with van der Waals surface area (Å²) in [4.78, 5) is 15.9. The van der Waals surface area contributed by atoms with Gasteiger partial charge in [-0.25, -0.2) is 4.99 Å². The number of rotatable bonds is 5. The zero-order valence-electron chi connectivity index (χ0n) is 12.9. The average Bonchev–Trinajstić information content (AvgIpc) is 2.83. The highest BCUT2D eigenvalue weighted by Crippen LogP contribution is 2.06. The van der Waals surface area contributed by atoms with E-state index in [1.54, 1.807) is 6.26 Å². The number of ether oxygens (including phenoxy) is 1. The number of nitrogens with zero attached hydrogens (tertiary/aromatic N) is 1. The van der Waals surface area contributed by atoms with Gasteiger partial charge in [0, 0.05) is 6.54 Å². The number of hydrogen-bond acceptors (Lipinski definition) is 4. The quantitative estimate of drug-likeness (QED) is 0.338. The molecule has 0 bridgehead atoms. The van der Waals surface area contributed by atoms with Crippen LogP contribution in [0.25, 0.3) is 0 Å². The molecule has 2 N–H and O–H groups in total. The van der Waals surface area contributed by atoms with Gasteiger partial charge in [-0.2, -0.15) is 0 Å². The van der Waals surface area contributed by atoms with Gasteiger partial charge < -0.3 is 19.8 Å². The predicted octanol–water partition coefficient (Wildman–Crippen LogP) is 2.29. The number of aliphatic imine (C=N–C) groups is 1. The predicted molar refractivity (Wildman–Crippen MR) is 92.8 cm³/mol. The van der Waals surface area contributed by atoms with Gasteiger partial charge in [-0.05, 0) is 39.8 Å². The summed E-state index contributed by atoms with van der Waals surface area (Å²) in [6.07, 6.45) is 1.60. The lowest BCUT2D eigenvalue weighted by atomic mass is 10.2. The Balaban J connectivity index is 0.00000400. The Bertz CT molecular complexity index is 439. The molecule has 6 nitrogen and oxygen atoms in total. The van der Waals surface area contributed by atoms with E-state index in [0.717, 1.165) is 5.76 Å². The fourth-order valence-electron chi connectivity index (χ4n) is 1.43. The van der Waals surface area contributed by atoms with Crippen LogP contribution in [0, 0.1) is 0 Å². The van der Waals surface area contributed by atoms with E-state index in [1.165, 1.54) is 0 Å². The molecular weight excluding hydrogens is 385 g/mol. The maximum Gasteiger partial charge on any atom is 0.325 e. The van der Waals surface area contributed by atoms with Crippen LogP contribution in [0.4, 0.5) is 0 Å². The first-order chi connectivity index (χ1) is 9.40. The van der Waals surface area contributed by atoms with Gasteiger partial charge in [0.1, 0.15) is 24.5 Å². The third kappa shape index (κ3) is 9.33. The maximum atomic E-state index is 11.6. The second-order valence-electron chi connectivity index (χ2n) is 5.21. The third-order valence-electron chi connectivity index (χ3n) is 2.14. The topological polar surface area (TPSA) is 75.9 Å². The number of nitrogens with one attached hydrogen (secondary N) is 2. The monoisotopic (exact) mass is 409 g/mol. The fourth-order valence-corrected chi connectivity index (χ4v) is 1.43. The van der Waals surface area contributed by atoms with Crippen molar-refractivity contribution >= 4 is 35.9 Å². The van der Waals surface area contributed by atoms with Crippen molar-refractivity contribution in [3.05, 3.63) is 24.2 Å². The fraction of sp³-hybridized carbons (Fsp3) is 0.571. The molecule has 0 amide bonds. The van der Waals surface area contributed by atoms with E-state index in [1.807, 2.05) is 39.8 Å². The Labute approximate surface area is 142 Å². The molecule has 0 unspecified atom stereocenters. The van der Waals surface area contributed by atoms with Crippen molar-refractivity contribution in [2.24, 2.45) is 4.99 Å². The molecule has 0 saturated heterocycles. The Morgan fingerprint density at radius 2 is 2.10 bits per heavy atom. The molecule has 0 atom stereocenters. The van der Waals surface area contributed by atoms with Crippen LogP contribution in [0.1, 0.15) is 33.5 Å². The number of carbonyl (C=O) groups is 1. The van der Waals surface area contributed by atoms with Gasteiger partial charge in [-0.15, -0.1) is 24.0 Å². The van der Waals surface area contributed by atoms with Crippen molar-refractivity contribution in [1.29, 1.82) is 0 Å². The number of halogens is 1. The lowest BCUT2D eigenvalue weighted by Crippen LogP contribution is -2.41. The van der Waals surface area contributed by atoms with Crippen molar-refractivity contribution < 1.29 is 13.9 Å². The van der Waals surface area contributed by atoms with Crippen LogP contribution >= 0.6 is 24.0 Å². The number of guanidine groups is 1. The van der Waals surface area contributed by atoms with E-state index < -0.39 is 5.60 Å². The van der Waals surface area contributed by atoms with Gasteiger partial charge in [0.2, 0.25) is 0 Å². The Morgan fingerprint density at radius 1 is 1.38 bits per heavy atom. The summed E-state index contributed by atoms with van der Waals surface area (Å²) in [6, 6.07) is 3.66. The van der Waals surface area contributed by atoms with Crippen LogP contribution in [0.2, 0.25) is 0 Å². The van der Waals surface area contributed by atoms with Crippen molar-refractivity contribution in [3.8, 4) is 0 Å². The minimum Gasteiger partial charge on any atom is -0.467 e. The molecule has 1 heterocycles. The zero-order valence-corrected chi connectivity index (χ0v) is 15.3. The van der Waals surface area contributed by atoms with Crippen molar-refractivity contribution in [1.82, 2.24) is 10.6 Å². The molecule has 1 aromatic rings. The van der Waals surface area contributed by atoms with Crippen LogP contribution in [-0.2, 0) is 16.1 Å². The first-order valence-corrected chi connectivity index (χ1v) is 6.67. The van der Waals surface area contributed by atoms with E-state index in [-0.39, 0.29) is 36.5 Å². The van der Waals surface area contributed by atoms with Crippen molar-refractivity contribution in [3.63, 3.8) is 0 Å². The SMILES string of the molecule is CCNC(=NCc1ccco1)NCC(=O)OC(C)(C)C.I. The van der Waals surface area contributed by atoms with Gasteiger partial charge in [0.25, 0.3) is 0 Å². The van der Waals surface area contributed by atoms with E-state index in [2.05, 4.69) is 15.6 Å². The Hall–Kier alpha value is -1.25. The Kier molecular flexibility index (Phi) is 9.07. The summed E-state index contributed by atoms with van der Waals surface area (Å²) in [5, 5.41) is 5.98. The molecule has 7 heteroatoms. The molecule has 0 aromatic carbocycles. The normalized spacial score (nSPS) is 11.5. The molecule has 0 spiro atoms. The highest BCUT2D eigenvalue weighted by Gasteiger charge is 2.16. The average molecular weight is 409 g/mol. The molecule has 0 aliphatic heterocycles. The number of carbonyl (C=O) groups excluding carboxylic acids is 1. The Morgan fingerprint density at radius 3 is 2.62 bits per heavy atom. The van der Waals surface area contributed by atoms with Crippen molar-refractivity contribution in [2.45, 2.75) is 39.8 Å². The summed E-state index contributed by atoms with van der Waals surface area (Å²) in [6.45, 7) is 8.65. The second-order valence-corrected chi connectivity index (χ2v) is 5.21. The van der Waals surface area contributed by atoms with Crippen LogP contribution < -0.4 is 10.6 Å². The van der Waals surface area contributed by atoms with Crippen LogP contribution in [-0.4, -0.2) is 30.6 Å². The highest BCUT2D eigenvalue weighted by molar-refractivity contribution is 14.0. The molecule has 0 saturated carbocycles.